The normalized spacial score (nSPS) is 17.3. The third kappa shape index (κ3) is 5.51. The molecule has 3 N–H and O–H groups in total. The molecule has 3 aromatic carbocycles. The summed E-state index contributed by atoms with van der Waals surface area (Å²) in [5.41, 5.74) is 5.40. The van der Waals surface area contributed by atoms with Gasteiger partial charge in [0.05, 0.1) is 23.5 Å². The number of hydrogen-bond donors (Lipinski definition) is 3. The number of halogens is 1. The molecule has 2 heterocycles. The molecule has 2 aliphatic rings. The fourth-order valence-corrected chi connectivity index (χ4v) is 4.83. The standard InChI is InChI=1S/C28H28BrN5O2/c1-33-13-15-34(16-14-33)18-25(35)30-21-8-10-22(11-9-21)31-27(19-5-3-2-4-6-19)26-23-12-7-20(29)17-24(23)32-28(26)36/h2-12,17,31H,13-16,18H2,1H3,(H,30,35)(H,32,36)/b27-26-. The van der Waals surface area contributed by atoms with Gasteiger partial charge in [0.1, 0.15) is 0 Å². The van der Waals surface area contributed by atoms with Gasteiger partial charge in [-0.2, -0.15) is 0 Å². The van der Waals surface area contributed by atoms with Gasteiger partial charge in [-0.1, -0.05) is 52.3 Å². The molecular weight excluding hydrogens is 518 g/mol. The first-order valence-electron chi connectivity index (χ1n) is 11.9. The molecule has 8 heteroatoms. The zero-order valence-electron chi connectivity index (χ0n) is 20.1. The van der Waals surface area contributed by atoms with Crippen molar-refractivity contribution in [2.75, 3.05) is 55.7 Å². The molecule has 2 amide bonds. The third-order valence-electron chi connectivity index (χ3n) is 6.44. The van der Waals surface area contributed by atoms with Gasteiger partial charge < -0.3 is 20.9 Å². The van der Waals surface area contributed by atoms with Crippen molar-refractivity contribution in [3.8, 4) is 0 Å². The number of amides is 2. The molecule has 1 saturated heterocycles. The Hall–Kier alpha value is -3.46. The van der Waals surface area contributed by atoms with Crippen molar-refractivity contribution < 1.29 is 9.59 Å². The van der Waals surface area contributed by atoms with E-state index in [0.29, 0.717) is 12.1 Å². The molecule has 5 rings (SSSR count). The second kappa shape index (κ2) is 10.7. The minimum absolute atomic E-state index is 0.0160. The first-order valence-corrected chi connectivity index (χ1v) is 12.7. The maximum atomic E-state index is 13.0. The number of carbonyl (C=O) groups is 2. The van der Waals surface area contributed by atoms with Gasteiger partial charge in [0.25, 0.3) is 5.91 Å². The zero-order chi connectivity index (χ0) is 25.1. The van der Waals surface area contributed by atoms with Crippen LogP contribution in [0.1, 0.15) is 11.1 Å². The molecule has 0 spiro atoms. The summed E-state index contributed by atoms with van der Waals surface area (Å²) in [6.45, 7) is 4.15. The number of rotatable bonds is 6. The number of piperazine rings is 1. The van der Waals surface area contributed by atoms with Crippen LogP contribution in [-0.2, 0) is 9.59 Å². The first-order chi connectivity index (χ1) is 17.5. The number of carbonyl (C=O) groups excluding carboxylic acids is 2. The van der Waals surface area contributed by atoms with Gasteiger partial charge in [-0.05, 0) is 49.0 Å². The SMILES string of the molecule is CN1CCN(CC(=O)Nc2ccc(N/C(=C3\C(=O)Nc4cc(Br)ccc43)c3ccccc3)cc2)CC1. The van der Waals surface area contributed by atoms with E-state index in [2.05, 4.69) is 48.7 Å². The average Bonchev–Trinajstić information content (AvgIpc) is 3.20. The van der Waals surface area contributed by atoms with E-state index in [-0.39, 0.29) is 11.8 Å². The minimum atomic E-state index is -0.151. The summed E-state index contributed by atoms with van der Waals surface area (Å²) in [5, 5.41) is 9.42. The number of nitrogens with one attached hydrogen (secondary N) is 3. The van der Waals surface area contributed by atoms with Gasteiger partial charge in [-0.15, -0.1) is 0 Å². The van der Waals surface area contributed by atoms with E-state index in [4.69, 9.17) is 0 Å². The number of fused-ring (bicyclic) bond motifs is 1. The lowest BCUT2D eigenvalue weighted by Gasteiger charge is -2.31. The van der Waals surface area contributed by atoms with Crippen LogP contribution in [0.15, 0.2) is 77.3 Å². The molecule has 0 radical (unpaired) electrons. The van der Waals surface area contributed by atoms with Crippen molar-refractivity contribution in [2.45, 2.75) is 0 Å². The highest BCUT2D eigenvalue weighted by Crippen LogP contribution is 2.38. The highest BCUT2D eigenvalue weighted by atomic mass is 79.9. The maximum absolute atomic E-state index is 13.0. The summed E-state index contributed by atoms with van der Waals surface area (Å²) in [5.74, 6) is -0.167. The van der Waals surface area contributed by atoms with E-state index < -0.39 is 0 Å². The first kappa shape index (κ1) is 24.2. The summed E-state index contributed by atoms with van der Waals surface area (Å²) in [4.78, 5) is 30.0. The Bertz CT molecular complexity index is 1300. The van der Waals surface area contributed by atoms with Gasteiger partial charge in [0.2, 0.25) is 5.91 Å². The Labute approximate surface area is 219 Å². The molecule has 0 atom stereocenters. The smallest absolute Gasteiger partial charge is 0.258 e. The van der Waals surface area contributed by atoms with Crippen LogP contribution in [0.3, 0.4) is 0 Å². The molecule has 3 aromatic rings. The Morgan fingerprint density at radius 3 is 2.28 bits per heavy atom. The van der Waals surface area contributed by atoms with E-state index in [1.807, 2.05) is 72.8 Å². The van der Waals surface area contributed by atoms with Crippen molar-refractivity contribution in [1.82, 2.24) is 9.80 Å². The fourth-order valence-electron chi connectivity index (χ4n) is 4.47. The van der Waals surface area contributed by atoms with Crippen LogP contribution in [0.5, 0.6) is 0 Å². The van der Waals surface area contributed by atoms with E-state index in [1.54, 1.807) is 0 Å². The van der Waals surface area contributed by atoms with Crippen LogP contribution >= 0.6 is 15.9 Å². The molecule has 36 heavy (non-hydrogen) atoms. The van der Waals surface area contributed by atoms with Crippen LogP contribution < -0.4 is 16.0 Å². The Balaban J connectivity index is 1.35. The molecule has 0 aliphatic carbocycles. The Kier molecular flexibility index (Phi) is 7.18. The fraction of sp³-hybridized carbons (Fsp3) is 0.214. The molecule has 0 bridgehead atoms. The maximum Gasteiger partial charge on any atom is 0.258 e. The van der Waals surface area contributed by atoms with Gasteiger partial charge in [0, 0.05) is 47.6 Å². The number of anilines is 3. The summed E-state index contributed by atoms with van der Waals surface area (Å²) in [6, 6.07) is 23.1. The van der Waals surface area contributed by atoms with E-state index in [1.165, 1.54) is 0 Å². The average molecular weight is 546 g/mol. The predicted molar refractivity (Wildman–Crippen MR) is 149 cm³/mol. The van der Waals surface area contributed by atoms with Crippen LogP contribution in [0.4, 0.5) is 17.1 Å². The van der Waals surface area contributed by atoms with Crippen molar-refractivity contribution >= 4 is 56.1 Å². The van der Waals surface area contributed by atoms with Crippen LogP contribution in [0, 0.1) is 0 Å². The van der Waals surface area contributed by atoms with Crippen molar-refractivity contribution in [3.63, 3.8) is 0 Å². The molecule has 0 saturated carbocycles. The summed E-state index contributed by atoms with van der Waals surface area (Å²) < 4.78 is 0.905. The lowest BCUT2D eigenvalue weighted by Crippen LogP contribution is -2.47. The monoisotopic (exact) mass is 545 g/mol. The minimum Gasteiger partial charge on any atom is -0.354 e. The quantitative estimate of drug-likeness (QED) is 0.395. The lowest BCUT2D eigenvalue weighted by molar-refractivity contribution is -0.117. The van der Waals surface area contributed by atoms with Gasteiger partial charge in [-0.3, -0.25) is 14.5 Å². The Morgan fingerprint density at radius 2 is 1.58 bits per heavy atom. The highest BCUT2D eigenvalue weighted by molar-refractivity contribution is 9.10. The summed E-state index contributed by atoms with van der Waals surface area (Å²) in [6.07, 6.45) is 0. The van der Waals surface area contributed by atoms with Crippen LogP contribution in [0.25, 0.3) is 11.3 Å². The van der Waals surface area contributed by atoms with Crippen molar-refractivity contribution in [1.29, 1.82) is 0 Å². The van der Waals surface area contributed by atoms with Gasteiger partial charge in [0.15, 0.2) is 0 Å². The molecule has 0 unspecified atom stereocenters. The molecular formula is C28H28BrN5O2. The van der Waals surface area contributed by atoms with E-state index >= 15 is 0 Å². The molecule has 1 fully saturated rings. The highest BCUT2D eigenvalue weighted by Gasteiger charge is 2.28. The van der Waals surface area contributed by atoms with E-state index in [0.717, 1.165) is 64.5 Å². The van der Waals surface area contributed by atoms with Crippen LogP contribution in [0.2, 0.25) is 0 Å². The zero-order valence-corrected chi connectivity index (χ0v) is 21.6. The van der Waals surface area contributed by atoms with E-state index in [9.17, 15) is 9.59 Å². The molecule has 7 nitrogen and oxygen atoms in total. The largest absolute Gasteiger partial charge is 0.354 e. The topological polar surface area (TPSA) is 76.7 Å². The second-order valence-electron chi connectivity index (χ2n) is 9.09. The number of benzene rings is 3. The molecule has 184 valence electrons. The van der Waals surface area contributed by atoms with Crippen LogP contribution in [-0.4, -0.2) is 61.4 Å². The van der Waals surface area contributed by atoms with Gasteiger partial charge in [-0.25, -0.2) is 0 Å². The number of likely N-dealkylation sites (N-methyl/N-ethyl adjacent to an activating group) is 1. The number of nitrogens with zero attached hydrogens (tertiary/aromatic N) is 2. The predicted octanol–water partition coefficient (Wildman–Crippen LogP) is 4.57. The van der Waals surface area contributed by atoms with Crippen molar-refractivity contribution in [2.24, 2.45) is 0 Å². The Morgan fingerprint density at radius 1 is 0.917 bits per heavy atom. The summed E-state index contributed by atoms with van der Waals surface area (Å²) in [7, 11) is 2.10. The second-order valence-corrected chi connectivity index (χ2v) is 10.0. The molecule has 2 aliphatic heterocycles. The third-order valence-corrected chi connectivity index (χ3v) is 6.93. The number of hydrogen-bond acceptors (Lipinski definition) is 5. The van der Waals surface area contributed by atoms with Gasteiger partial charge >= 0.3 is 0 Å². The molecule has 0 aromatic heterocycles. The summed E-state index contributed by atoms with van der Waals surface area (Å²) >= 11 is 3.48. The lowest BCUT2D eigenvalue weighted by atomic mass is 10.00. The van der Waals surface area contributed by atoms with Crippen molar-refractivity contribution in [3.05, 3.63) is 88.4 Å².